The van der Waals surface area contributed by atoms with Crippen LogP contribution in [0.4, 0.5) is 0 Å². The number of rotatable bonds is 8. The van der Waals surface area contributed by atoms with Crippen LogP contribution < -0.4 is 20.1 Å². The molecule has 3 aliphatic rings. The number of nitrogens with one attached hydrogen (secondary N) is 3. The number of hydrogen-bond donors (Lipinski definition) is 8. The minimum absolute atomic E-state index is 0.0106. The van der Waals surface area contributed by atoms with Gasteiger partial charge in [-0.25, -0.2) is 0 Å². The van der Waals surface area contributed by atoms with Crippen LogP contribution in [-0.4, -0.2) is 114 Å². The normalized spacial score (nSPS) is 42.1. The number of hydrogen-bond acceptors (Lipinski definition) is 13. The Balaban J connectivity index is 1.50. The molecule has 0 amide bonds. The fraction of sp³-hybridized carbons (Fsp3) is 0.727. The summed E-state index contributed by atoms with van der Waals surface area (Å²) < 4.78 is 52.7. The predicted molar refractivity (Wildman–Crippen MR) is 127 cm³/mol. The fourth-order valence-electron chi connectivity index (χ4n) is 5.43. The van der Waals surface area contributed by atoms with Crippen molar-refractivity contribution < 1.29 is 51.8 Å². The van der Waals surface area contributed by atoms with Gasteiger partial charge in [0.25, 0.3) is 0 Å². The molecule has 10 atom stereocenters. The highest BCUT2D eigenvalue weighted by atomic mass is 32.3. The minimum Gasteiger partial charge on any atom is -0.390 e. The summed E-state index contributed by atoms with van der Waals surface area (Å²) in [5.74, 6) is -2.40. The van der Waals surface area contributed by atoms with Gasteiger partial charge in [-0.05, 0) is 38.7 Å². The van der Waals surface area contributed by atoms with Gasteiger partial charge in [-0.2, -0.15) is 8.42 Å². The Bertz CT molecular complexity index is 1050. The second-order valence-corrected chi connectivity index (χ2v) is 10.8. The van der Waals surface area contributed by atoms with Gasteiger partial charge < -0.3 is 54.8 Å². The molecule has 4 rings (SSSR count). The molecule has 1 aromatic carbocycles. The first-order valence-electron chi connectivity index (χ1n) is 11.9. The van der Waals surface area contributed by atoms with Crippen molar-refractivity contribution in [2.75, 3.05) is 20.6 Å². The lowest BCUT2D eigenvalue weighted by Crippen LogP contribution is -2.81. The molecular weight excluding hydrogens is 514 g/mol. The molecular formula is C22H35N3O11S. The van der Waals surface area contributed by atoms with Crippen molar-refractivity contribution in [2.45, 2.75) is 80.2 Å². The number of likely N-dealkylation sites (N-methyl/N-ethyl adjacent to an activating group) is 2. The molecule has 0 spiro atoms. The van der Waals surface area contributed by atoms with Crippen molar-refractivity contribution >= 4 is 10.4 Å². The van der Waals surface area contributed by atoms with E-state index in [4.69, 9.17) is 18.8 Å². The molecule has 1 aliphatic carbocycles. The average molecular weight is 550 g/mol. The summed E-state index contributed by atoms with van der Waals surface area (Å²) in [6, 6.07) is 4.36. The Kier molecular flexibility index (Phi) is 8.17. The van der Waals surface area contributed by atoms with E-state index >= 15 is 0 Å². The maximum absolute atomic E-state index is 11.7. The predicted octanol–water partition coefficient (Wildman–Crippen LogP) is -2.79. The van der Waals surface area contributed by atoms with Crippen LogP contribution in [0.1, 0.15) is 18.9 Å². The van der Waals surface area contributed by atoms with E-state index in [1.54, 1.807) is 33.2 Å². The van der Waals surface area contributed by atoms with E-state index in [2.05, 4.69) is 20.1 Å². The van der Waals surface area contributed by atoms with E-state index in [1.807, 2.05) is 0 Å². The van der Waals surface area contributed by atoms with E-state index in [-0.39, 0.29) is 25.3 Å². The van der Waals surface area contributed by atoms with Crippen molar-refractivity contribution in [3.63, 3.8) is 0 Å². The van der Waals surface area contributed by atoms with Gasteiger partial charge in [0.1, 0.15) is 29.7 Å². The third-order valence-corrected chi connectivity index (χ3v) is 7.62. The van der Waals surface area contributed by atoms with Crippen LogP contribution in [-0.2, 0) is 31.2 Å². The van der Waals surface area contributed by atoms with Gasteiger partial charge in [0.15, 0.2) is 0 Å². The molecule has 210 valence electrons. The second-order valence-electron chi connectivity index (χ2n) is 9.76. The Morgan fingerprint density at radius 1 is 1.03 bits per heavy atom. The zero-order chi connectivity index (χ0) is 27.2. The van der Waals surface area contributed by atoms with Crippen molar-refractivity contribution in [2.24, 2.45) is 0 Å². The van der Waals surface area contributed by atoms with E-state index in [9.17, 15) is 28.8 Å². The van der Waals surface area contributed by atoms with E-state index in [0.29, 0.717) is 5.56 Å². The number of benzene rings is 1. The van der Waals surface area contributed by atoms with Crippen molar-refractivity contribution in [3.8, 4) is 5.75 Å². The van der Waals surface area contributed by atoms with E-state index < -0.39 is 70.7 Å². The average Bonchev–Trinajstić information content (AvgIpc) is 2.80. The van der Waals surface area contributed by atoms with Gasteiger partial charge in [0.05, 0.1) is 24.3 Å². The van der Waals surface area contributed by atoms with Gasteiger partial charge in [-0.15, -0.1) is 0 Å². The fourth-order valence-corrected chi connectivity index (χ4v) is 5.78. The molecule has 14 nitrogen and oxygen atoms in total. The lowest BCUT2D eigenvalue weighted by Gasteiger charge is -2.60. The number of aliphatic hydroxyl groups is 4. The van der Waals surface area contributed by atoms with Crippen molar-refractivity contribution in [1.82, 2.24) is 16.0 Å². The highest BCUT2D eigenvalue weighted by Gasteiger charge is 2.68. The summed E-state index contributed by atoms with van der Waals surface area (Å²) in [7, 11) is -1.43. The number of ether oxygens (including phenoxy) is 3. The van der Waals surface area contributed by atoms with Gasteiger partial charge >= 0.3 is 10.4 Å². The first-order chi connectivity index (χ1) is 17.3. The van der Waals surface area contributed by atoms with Gasteiger partial charge in [-0.3, -0.25) is 4.55 Å². The number of aliphatic hydroxyl groups excluding tert-OH is 2. The lowest BCUT2D eigenvalue weighted by atomic mass is 9.77. The Morgan fingerprint density at radius 2 is 1.68 bits per heavy atom. The molecule has 0 unspecified atom stereocenters. The smallest absolute Gasteiger partial charge is 0.390 e. The summed E-state index contributed by atoms with van der Waals surface area (Å²) in [4.78, 5) is 0. The van der Waals surface area contributed by atoms with Crippen molar-refractivity contribution in [1.29, 1.82) is 0 Å². The molecule has 15 heteroatoms. The van der Waals surface area contributed by atoms with Crippen LogP contribution in [0, 0.1) is 0 Å². The van der Waals surface area contributed by atoms with Crippen LogP contribution in [0.25, 0.3) is 0 Å². The molecule has 0 radical (unpaired) electrons. The highest BCUT2D eigenvalue weighted by Crippen LogP contribution is 2.46. The SMILES string of the molecule is CN[C@@H]1[C@H](O)[C@H](NC)[C@H]2O[C@]3(O)[C@H](O[C@@H]2[C@H]1O)O[C@H](C)C[C@@]3(O)CNCc1ccc(OS(=O)(=O)O)cc1. The summed E-state index contributed by atoms with van der Waals surface area (Å²) in [5, 5.41) is 53.8. The van der Waals surface area contributed by atoms with E-state index in [1.165, 1.54) is 12.1 Å². The Hall–Kier alpha value is -1.47. The van der Waals surface area contributed by atoms with Crippen LogP contribution in [0.5, 0.6) is 5.75 Å². The summed E-state index contributed by atoms with van der Waals surface area (Å²) in [6.45, 7) is 1.78. The summed E-state index contributed by atoms with van der Waals surface area (Å²) >= 11 is 0. The second kappa shape index (κ2) is 10.6. The summed E-state index contributed by atoms with van der Waals surface area (Å²) in [5.41, 5.74) is -1.19. The van der Waals surface area contributed by atoms with Crippen LogP contribution in [0.2, 0.25) is 0 Å². The largest absolute Gasteiger partial charge is 0.446 e. The van der Waals surface area contributed by atoms with Crippen LogP contribution in [0.3, 0.4) is 0 Å². The zero-order valence-electron chi connectivity index (χ0n) is 20.6. The maximum atomic E-state index is 11.7. The third kappa shape index (κ3) is 5.50. The zero-order valence-corrected chi connectivity index (χ0v) is 21.5. The van der Waals surface area contributed by atoms with Crippen molar-refractivity contribution in [3.05, 3.63) is 29.8 Å². The molecule has 2 saturated heterocycles. The first kappa shape index (κ1) is 28.5. The third-order valence-electron chi connectivity index (χ3n) is 7.22. The molecule has 0 aromatic heterocycles. The standard InChI is InChI=1S/C22H35N3O11S/c1-11-8-21(28,10-25-9-12-4-6-13(7-5-12)36-37(30,31)32)22(29)20(33-11)34-19-17(27)14(23-2)16(26)15(24-3)18(19)35-22/h4-7,11,14-20,23-29H,8-10H2,1-3H3,(H,30,31,32)/t11-,14-,15+,16+,17+,18-,19-,20+,21-,22-/m1/s1. The van der Waals surface area contributed by atoms with E-state index in [0.717, 1.165) is 0 Å². The number of fused-ring (bicyclic) bond motifs is 2. The monoisotopic (exact) mass is 549 g/mol. The molecule has 37 heavy (non-hydrogen) atoms. The van der Waals surface area contributed by atoms with Gasteiger partial charge in [0, 0.05) is 19.5 Å². The molecule has 3 fully saturated rings. The minimum atomic E-state index is -4.63. The lowest BCUT2D eigenvalue weighted by molar-refractivity contribution is -0.482. The molecule has 1 saturated carbocycles. The molecule has 0 bridgehead atoms. The van der Waals surface area contributed by atoms with Gasteiger partial charge in [-0.1, -0.05) is 12.1 Å². The highest BCUT2D eigenvalue weighted by molar-refractivity contribution is 7.81. The van der Waals surface area contributed by atoms with Crippen LogP contribution in [0.15, 0.2) is 24.3 Å². The molecule has 8 N–H and O–H groups in total. The van der Waals surface area contributed by atoms with Crippen LogP contribution >= 0.6 is 0 Å². The van der Waals surface area contributed by atoms with Gasteiger partial charge in [0.2, 0.25) is 12.1 Å². The molecule has 2 heterocycles. The topological polar surface area (TPSA) is 208 Å². The molecule has 1 aromatic rings. The molecule has 2 aliphatic heterocycles. The summed E-state index contributed by atoms with van der Waals surface area (Å²) in [6.07, 6.45) is -6.20. The quantitative estimate of drug-likeness (QED) is 0.154. The Labute approximate surface area is 214 Å². The maximum Gasteiger partial charge on any atom is 0.446 e. The first-order valence-corrected chi connectivity index (χ1v) is 13.3. The Morgan fingerprint density at radius 3 is 2.27 bits per heavy atom.